The largest absolute Gasteiger partial charge is 0.235 e. The highest BCUT2D eigenvalue weighted by Crippen LogP contribution is 2.26. The standard InChI is InChI=1S/C8H11F/c1-7-5-3-4-6-8(7,2)9/h4-6H,3H2,1-2H3. The second-order valence-corrected chi connectivity index (χ2v) is 2.60. The molecule has 1 heteroatoms. The van der Waals surface area contributed by atoms with Crippen LogP contribution in [0.1, 0.15) is 20.3 Å². The molecule has 0 aromatic rings. The maximum atomic E-state index is 13.1. The Morgan fingerprint density at radius 2 is 2.33 bits per heavy atom. The molecule has 0 heterocycles. The van der Waals surface area contributed by atoms with Gasteiger partial charge >= 0.3 is 0 Å². The van der Waals surface area contributed by atoms with Crippen LogP contribution in [0.15, 0.2) is 23.8 Å². The lowest BCUT2D eigenvalue weighted by Gasteiger charge is -2.19. The van der Waals surface area contributed by atoms with Crippen LogP contribution in [0.5, 0.6) is 0 Å². The van der Waals surface area contributed by atoms with E-state index in [1.165, 1.54) is 0 Å². The lowest BCUT2D eigenvalue weighted by Crippen LogP contribution is -2.17. The highest BCUT2D eigenvalue weighted by molar-refractivity contribution is 5.26. The molecule has 1 aliphatic carbocycles. The molecule has 9 heavy (non-hydrogen) atoms. The van der Waals surface area contributed by atoms with E-state index in [1.54, 1.807) is 13.0 Å². The number of halogens is 1. The predicted octanol–water partition coefficient (Wildman–Crippen LogP) is 2.62. The van der Waals surface area contributed by atoms with E-state index in [4.69, 9.17) is 0 Å². The van der Waals surface area contributed by atoms with Crippen molar-refractivity contribution in [3.8, 4) is 0 Å². The van der Waals surface area contributed by atoms with Gasteiger partial charge in [0.05, 0.1) is 0 Å². The average molecular weight is 126 g/mol. The molecule has 0 saturated carbocycles. The Labute approximate surface area is 55.1 Å². The van der Waals surface area contributed by atoms with Gasteiger partial charge in [-0.05, 0) is 31.9 Å². The minimum absolute atomic E-state index is 0.824. The Balaban J connectivity index is 2.83. The molecule has 0 amide bonds. The number of hydrogen-bond donors (Lipinski definition) is 0. The molecule has 50 valence electrons. The lowest BCUT2D eigenvalue weighted by molar-refractivity contribution is 0.305. The molecule has 1 aliphatic rings. The van der Waals surface area contributed by atoms with Gasteiger partial charge in [-0.3, -0.25) is 0 Å². The van der Waals surface area contributed by atoms with E-state index in [0.717, 1.165) is 12.0 Å². The smallest absolute Gasteiger partial charge is 0.147 e. The first kappa shape index (κ1) is 6.53. The van der Waals surface area contributed by atoms with E-state index in [2.05, 4.69) is 0 Å². The molecule has 1 rings (SSSR count). The molecule has 1 atom stereocenters. The predicted molar refractivity (Wildman–Crippen MR) is 37.0 cm³/mol. The Morgan fingerprint density at radius 1 is 1.67 bits per heavy atom. The molecule has 0 nitrogen and oxygen atoms in total. The Kier molecular flexibility index (Phi) is 1.43. The Morgan fingerprint density at radius 3 is 2.67 bits per heavy atom. The average Bonchev–Trinajstić information content (AvgIpc) is 1.77. The summed E-state index contributed by atoms with van der Waals surface area (Å²) in [5, 5.41) is 0. The van der Waals surface area contributed by atoms with Gasteiger partial charge in [0.2, 0.25) is 0 Å². The minimum Gasteiger partial charge on any atom is -0.235 e. The van der Waals surface area contributed by atoms with Crippen molar-refractivity contribution in [1.29, 1.82) is 0 Å². The Hall–Kier alpha value is -0.590. The molecule has 0 aliphatic heterocycles. The van der Waals surface area contributed by atoms with Crippen molar-refractivity contribution in [1.82, 2.24) is 0 Å². The van der Waals surface area contributed by atoms with Gasteiger partial charge in [-0.15, -0.1) is 0 Å². The number of rotatable bonds is 0. The zero-order valence-electron chi connectivity index (χ0n) is 5.82. The highest BCUT2D eigenvalue weighted by atomic mass is 19.1. The molecule has 0 aromatic heterocycles. The van der Waals surface area contributed by atoms with Crippen molar-refractivity contribution in [2.45, 2.75) is 25.9 Å². The van der Waals surface area contributed by atoms with Gasteiger partial charge in [0, 0.05) is 0 Å². The maximum absolute atomic E-state index is 13.1. The normalized spacial score (nSPS) is 34.3. The Bertz CT molecular complexity index is 163. The van der Waals surface area contributed by atoms with E-state index in [-0.39, 0.29) is 0 Å². The molecule has 0 aromatic carbocycles. The summed E-state index contributed by atoms with van der Waals surface area (Å²) in [5.74, 6) is 0. The number of hydrogen-bond acceptors (Lipinski definition) is 0. The van der Waals surface area contributed by atoms with Gasteiger partial charge < -0.3 is 0 Å². The summed E-state index contributed by atoms with van der Waals surface area (Å²) < 4.78 is 13.1. The molecule has 0 bridgehead atoms. The summed E-state index contributed by atoms with van der Waals surface area (Å²) in [5.41, 5.74) is -0.358. The SMILES string of the molecule is CC1=CCC=CC1(C)F. The first-order valence-electron chi connectivity index (χ1n) is 3.17. The summed E-state index contributed by atoms with van der Waals surface area (Å²) in [7, 11) is 0. The summed E-state index contributed by atoms with van der Waals surface area (Å²) in [6.45, 7) is 3.40. The van der Waals surface area contributed by atoms with E-state index < -0.39 is 5.67 Å². The fourth-order valence-corrected chi connectivity index (χ4v) is 0.865. The fraction of sp³-hybridized carbons (Fsp3) is 0.500. The van der Waals surface area contributed by atoms with Crippen molar-refractivity contribution < 1.29 is 4.39 Å². The molecule has 0 radical (unpaired) electrons. The van der Waals surface area contributed by atoms with Crippen LogP contribution in [0.3, 0.4) is 0 Å². The molecular formula is C8H11F. The highest BCUT2D eigenvalue weighted by Gasteiger charge is 2.22. The third-order valence-corrected chi connectivity index (χ3v) is 1.76. The molecule has 0 spiro atoms. The molecular weight excluding hydrogens is 115 g/mol. The minimum atomic E-state index is -1.18. The molecule has 0 N–H and O–H groups in total. The van der Waals surface area contributed by atoms with Gasteiger partial charge in [0.15, 0.2) is 0 Å². The lowest BCUT2D eigenvalue weighted by atomic mass is 9.94. The van der Waals surface area contributed by atoms with Crippen molar-refractivity contribution in [3.63, 3.8) is 0 Å². The van der Waals surface area contributed by atoms with Crippen molar-refractivity contribution in [2.24, 2.45) is 0 Å². The van der Waals surface area contributed by atoms with Crippen LogP contribution in [0.25, 0.3) is 0 Å². The van der Waals surface area contributed by atoms with Crippen molar-refractivity contribution in [3.05, 3.63) is 23.8 Å². The van der Waals surface area contributed by atoms with Gasteiger partial charge in [0.1, 0.15) is 5.67 Å². The maximum Gasteiger partial charge on any atom is 0.147 e. The second-order valence-electron chi connectivity index (χ2n) is 2.60. The van der Waals surface area contributed by atoms with Crippen LogP contribution >= 0.6 is 0 Å². The van der Waals surface area contributed by atoms with E-state index in [1.807, 2.05) is 19.1 Å². The zero-order chi connectivity index (χ0) is 6.91. The van der Waals surface area contributed by atoms with E-state index >= 15 is 0 Å². The first-order chi connectivity index (χ1) is 4.13. The topological polar surface area (TPSA) is 0 Å². The van der Waals surface area contributed by atoms with E-state index in [0.29, 0.717) is 0 Å². The van der Waals surface area contributed by atoms with E-state index in [9.17, 15) is 4.39 Å². The van der Waals surface area contributed by atoms with Gasteiger partial charge in [0.25, 0.3) is 0 Å². The van der Waals surface area contributed by atoms with Crippen LogP contribution in [0.4, 0.5) is 4.39 Å². The van der Waals surface area contributed by atoms with Crippen molar-refractivity contribution >= 4 is 0 Å². The van der Waals surface area contributed by atoms with Gasteiger partial charge in [-0.1, -0.05) is 12.2 Å². The first-order valence-corrected chi connectivity index (χ1v) is 3.17. The zero-order valence-corrected chi connectivity index (χ0v) is 5.82. The van der Waals surface area contributed by atoms with Crippen LogP contribution in [0, 0.1) is 0 Å². The fourth-order valence-electron chi connectivity index (χ4n) is 0.865. The quantitative estimate of drug-likeness (QED) is 0.438. The monoisotopic (exact) mass is 126 g/mol. The summed E-state index contributed by atoms with van der Waals surface area (Å²) in [6.07, 6.45) is 6.26. The molecule has 0 saturated heterocycles. The molecule has 0 fully saturated rings. The molecule has 1 unspecified atom stereocenters. The third kappa shape index (κ3) is 1.21. The van der Waals surface area contributed by atoms with Crippen molar-refractivity contribution in [2.75, 3.05) is 0 Å². The summed E-state index contributed by atoms with van der Waals surface area (Å²) in [4.78, 5) is 0. The van der Waals surface area contributed by atoms with Crippen LogP contribution in [-0.4, -0.2) is 5.67 Å². The third-order valence-electron chi connectivity index (χ3n) is 1.76. The second kappa shape index (κ2) is 1.98. The van der Waals surface area contributed by atoms with Crippen LogP contribution in [-0.2, 0) is 0 Å². The van der Waals surface area contributed by atoms with Gasteiger partial charge in [-0.25, -0.2) is 4.39 Å². The summed E-state index contributed by atoms with van der Waals surface area (Å²) in [6, 6.07) is 0. The number of allylic oxidation sites excluding steroid dienone is 4. The van der Waals surface area contributed by atoms with Gasteiger partial charge in [-0.2, -0.15) is 0 Å². The van der Waals surface area contributed by atoms with Crippen LogP contribution in [0.2, 0.25) is 0 Å². The number of alkyl halides is 1. The van der Waals surface area contributed by atoms with Crippen LogP contribution < -0.4 is 0 Å². The summed E-state index contributed by atoms with van der Waals surface area (Å²) >= 11 is 0.